The molecule has 2 aromatic heterocycles. The van der Waals surface area contributed by atoms with Crippen LogP contribution >= 0.6 is 7.82 Å². The third-order valence-electron chi connectivity index (χ3n) is 8.69. The highest BCUT2D eigenvalue weighted by atomic mass is 31.2. The predicted molar refractivity (Wildman–Crippen MR) is 175 cm³/mol. The number of imidazole rings is 1. The highest BCUT2D eigenvalue weighted by molar-refractivity contribution is 7.46. The van der Waals surface area contributed by atoms with Gasteiger partial charge in [-0.05, 0) is 6.42 Å². The quantitative estimate of drug-likeness (QED) is 0.0607. The minimum atomic E-state index is -4.89. The summed E-state index contributed by atoms with van der Waals surface area (Å²) >= 11 is 0. The molecular formula is C32H58N5O7P. The van der Waals surface area contributed by atoms with E-state index in [4.69, 9.17) is 19.7 Å². The second-order valence-corrected chi connectivity index (χ2v) is 13.6. The molecule has 3 heterocycles. The summed E-state index contributed by atoms with van der Waals surface area (Å²) in [6.45, 7) is 2.12. The number of ether oxygens (including phenoxy) is 2. The van der Waals surface area contributed by atoms with Gasteiger partial charge in [-0.15, -0.1) is 0 Å². The standard InChI is InChI=1S/C32H58N5O7P/c1-2-3-4-5-6-7-8-9-10-11-12-13-14-15-16-17-18-19-20-21-22-42-29-28(44-45(39,40)41)26(23-38)43-32(29)37-25-36-27-30(33)34-24-35-31(27)37/h24-26,28-29,32,38H,2-23H2,1H3,(H2,33,34,35)(H2,39,40,41)/t26-,28-,29-,32-/m1/s1. The van der Waals surface area contributed by atoms with Crippen LogP contribution in [0.4, 0.5) is 5.82 Å². The Bertz CT molecular complexity index is 1120. The Morgan fingerprint density at radius 2 is 1.31 bits per heavy atom. The lowest BCUT2D eigenvalue weighted by molar-refractivity contribution is -0.0709. The number of nitrogen functional groups attached to an aromatic ring is 1. The van der Waals surface area contributed by atoms with Crippen LogP contribution in [0, 0.1) is 0 Å². The summed E-state index contributed by atoms with van der Waals surface area (Å²) in [5, 5.41) is 9.89. The lowest BCUT2D eigenvalue weighted by Gasteiger charge is -2.25. The van der Waals surface area contributed by atoms with Gasteiger partial charge in [-0.25, -0.2) is 19.5 Å². The van der Waals surface area contributed by atoms with Crippen LogP contribution in [-0.4, -0.2) is 65.9 Å². The Labute approximate surface area is 269 Å². The van der Waals surface area contributed by atoms with E-state index in [0.717, 1.165) is 19.3 Å². The zero-order valence-electron chi connectivity index (χ0n) is 27.3. The number of nitrogens with two attached hydrogens (primary N) is 1. The van der Waals surface area contributed by atoms with Crippen molar-refractivity contribution in [2.24, 2.45) is 0 Å². The van der Waals surface area contributed by atoms with E-state index in [1.807, 2.05) is 0 Å². The first-order valence-corrected chi connectivity index (χ1v) is 18.9. The van der Waals surface area contributed by atoms with Gasteiger partial charge in [0.25, 0.3) is 0 Å². The van der Waals surface area contributed by atoms with Crippen LogP contribution in [-0.2, 0) is 18.6 Å². The summed E-state index contributed by atoms with van der Waals surface area (Å²) in [4.78, 5) is 31.5. The number of hydrogen-bond acceptors (Lipinski definition) is 9. The second kappa shape index (κ2) is 21.3. The van der Waals surface area contributed by atoms with E-state index >= 15 is 0 Å². The zero-order chi connectivity index (χ0) is 32.3. The third-order valence-corrected chi connectivity index (χ3v) is 9.21. The van der Waals surface area contributed by atoms with E-state index in [2.05, 4.69) is 21.9 Å². The number of rotatable bonds is 26. The molecule has 1 fully saturated rings. The van der Waals surface area contributed by atoms with Crippen molar-refractivity contribution in [3.8, 4) is 0 Å². The third kappa shape index (κ3) is 13.5. The zero-order valence-corrected chi connectivity index (χ0v) is 28.2. The summed E-state index contributed by atoms with van der Waals surface area (Å²) < 4.78 is 30.4. The van der Waals surface area contributed by atoms with Gasteiger partial charge in [0.15, 0.2) is 17.7 Å². The fourth-order valence-electron chi connectivity index (χ4n) is 6.18. The first-order chi connectivity index (χ1) is 21.9. The molecule has 13 heteroatoms. The molecular weight excluding hydrogens is 597 g/mol. The van der Waals surface area contributed by atoms with Gasteiger partial charge in [0.1, 0.15) is 30.2 Å². The predicted octanol–water partition coefficient (Wildman–Crippen LogP) is 6.98. The first kappa shape index (κ1) is 37.8. The van der Waals surface area contributed by atoms with Gasteiger partial charge in [-0.1, -0.05) is 129 Å². The fraction of sp³-hybridized carbons (Fsp3) is 0.844. The maximum Gasteiger partial charge on any atom is 0.470 e. The molecule has 12 nitrogen and oxygen atoms in total. The Hall–Kier alpha value is -1.66. The van der Waals surface area contributed by atoms with Gasteiger partial charge in [-0.3, -0.25) is 9.09 Å². The molecule has 4 atom stereocenters. The lowest BCUT2D eigenvalue weighted by Crippen LogP contribution is -2.37. The summed E-state index contributed by atoms with van der Waals surface area (Å²) in [5.41, 5.74) is 6.67. The minimum absolute atomic E-state index is 0.195. The molecule has 1 aliphatic heterocycles. The van der Waals surface area contributed by atoms with Gasteiger partial charge in [0.2, 0.25) is 0 Å². The number of aliphatic hydroxyl groups is 1. The van der Waals surface area contributed by atoms with Gasteiger partial charge in [-0.2, -0.15) is 0 Å². The van der Waals surface area contributed by atoms with Gasteiger partial charge in [0, 0.05) is 6.61 Å². The molecule has 2 aromatic rings. The molecule has 1 aliphatic rings. The topological polar surface area (TPSA) is 175 Å². The average Bonchev–Trinajstić information content (AvgIpc) is 3.59. The van der Waals surface area contributed by atoms with Crippen LogP contribution in [0.5, 0.6) is 0 Å². The van der Waals surface area contributed by atoms with Gasteiger partial charge in [0.05, 0.1) is 12.9 Å². The Morgan fingerprint density at radius 3 is 1.80 bits per heavy atom. The van der Waals surface area contributed by atoms with Crippen molar-refractivity contribution >= 4 is 24.8 Å². The average molecular weight is 656 g/mol. The molecule has 45 heavy (non-hydrogen) atoms. The Balaban J connectivity index is 1.27. The van der Waals surface area contributed by atoms with E-state index in [9.17, 15) is 19.5 Å². The Morgan fingerprint density at radius 1 is 0.800 bits per heavy atom. The molecule has 1 saturated heterocycles. The van der Waals surface area contributed by atoms with Crippen LogP contribution in [0.3, 0.4) is 0 Å². The van der Waals surface area contributed by atoms with Crippen molar-refractivity contribution in [2.75, 3.05) is 18.9 Å². The Kier molecular flexibility index (Phi) is 17.9. The van der Waals surface area contributed by atoms with Crippen LogP contribution in [0.25, 0.3) is 11.2 Å². The number of aromatic nitrogens is 4. The fourth-order valence-corrected chi connectivity index (χ4v) is 6.75. The van der Waals surface area contributed by atoms with Crippen molar-refractivity contribution in [1.29, 1.82) is 0 Å². The molecule has 0 radical (unpaired) electrons. The van der Waals surface area contributed by atoms with Crippen molar-refractivity contribution in [3.63, 3.8) is 0 Å². The SMILES string of the molecule is CCCCCCCCCCCCCCCCCCCCCCO[C@@H]1[C@H](OP(=O)(O)O)[C@@H](CO)O[C@H]1n1cnc2c(N)ncnc21. The highest BCUT2D eigenvalue weighted by Crippen LogP contribution is 2.45. The molecule has 3 rings (SSSR count). The second-order valence-electron chi connectivity index (χ2n) is 12.4. The summed E-state index contributed by atoms with van der Waals surface area (Å²) in [5.74, 6) is 0.195. The maximum atomic E-state index is 11.7. The maximum absolute atomic E-state index is 11.7. The van der Waals surface area contributed by atoms with Crippen molar-refractivity contribution in [2.45, 2.75) is 160 Å². The molecule has 0 spiro atoms. The summed E-state index contributed by atoms with van der Waals surface area (Å²) in [6, 6.07) is 0. The van der Waals surface area contributed by atoms with E-state index < -0.39 is 39.0 Å². The number of aliphatic hydroxyl groups excluding tert-OH is 1. The van der Waals surface area contributed by atoms with E-state index in [0.29, 0.717) is 17.8 Å². The molecule has 0 unspecified atom stereocenters. The number of phosphoric acid groups is 1. The molecule has 258 valence electrons. The number of nitrogens with zero attached hydrogens (tertiary/aromatic N) is 4. The van der Waals surface area contributed by atoms with Gasteiger partial charge >= 0.3 is 7.82 Å². The van der Waals surface area contributed by atoms with Crippen molar-refractivity contribution in [3.05, 3.63) is 12.7 Å². The number of hydrogen-bond donors (Lipinski definition) is 4. The van der Waals surface area contributed by atoms with E-state index in [-0.39, 0.29) is 5.82 Å². The largest absolute Gasteiger partial charge is 0.470 e. The highest BCUT2D eigenvalue weighted by Gasteiger charge is 2.50. The van der Waals surface area contributed by atoms with Crippen molar-refractivity contribution < 1.29 is 33.5 Å². The van der Waals surface area contributed by atoms with Crippen LogP contribution in [0.2, 0.25) is 0 Å². The summed E-state index contributed by atoms with van der Waals surface area (Å²) in [6.07, 6.45) is 24.8. The molecule has 5 N–H and O–H groups in total. The lowest BCUT2D eigenvalue weighted by atomic mass is 10.0. The van der Waals surface area contributed by atoms with Gasteiger partial charge < -0.3 is 30.1 Å². The smallest absolute Gasteiger partial charge is 0.394 e. The van der Waals surface area contributed by atoms with Crippen LogP contribution in [0.1, 0.15) is 142 Å². The van der Waals surface area contributed by atoms with E-state index in [1.54, 1.807) is 4.57 Å². The monoisotopic (exact) mass is 655 g/mol. The van der Waals surface area contributed by atoms with Crippen LogP contribution < -0.4 is 5.73 Å². The molecule has 0 bridgehead atoms. The number of unbranched alkanes of at least 4 members (excludes halogenated alkanes) is 19. The number of fused-ring (bicyclic) bond motifs is 1. The molecule has 0 saturated carbocycles. The van der Waals surface area contributed by atoms with Crippen LogP contribution in [0.15, 0.2) is 12.7 Å². The number of phosphoric ester groups is 1. The first-order valence-electron chi connectivity index (χ1n) is 17.4. The van der Waals surface area contributed by atoms with Crippen molar-refractivity contribution in [1.82, 2.24) is 19.5 Å². The molecule has 0 aliphatic carbocycles. The normalized spacial score (nSPS) is 20.4. The molecule has 0 amide bonds. The summed E-state index contributed by atoms with van der Waals surface area (Å²) in [7, 11) is -4.89. The number of anilines is 1. The van der Waals surface area contributed by atoms with E-state index in [1.165, 1.54) is 122 Å². The minimum Gasteiger partial charge on any atom is -0.394 e. The molecule has 0 aromatic carbocycles.